The van der Waals surface area contributed by atoms with Gasteiger partial charge in [0.2, 0.25) is 0 Å². The average molecular weight is 1580 g/mol. The number of carboxylic acid groups (broad SMARTS) is 2. The van der Waals surface area contributed by atoms with Crippen molar-refractivity contribution in [1.82, 2.24) is 34.1 Å². The van der Waals surface area contributed by atoms with Crippen LogP contribution in [0.15, 0.2) is 145 Å². The minimum atomic E-state index is -3.63. The highest BCUT2D eigenvalue weighted by atomic mass is 35.5. The molecule has 0 amide bonds. The summed E-state index contributed by atoms with van der Waals surface area (Å²) >= 11 is 0. The van der Waals surface area contributed by atoms with Gasteiger partial charge in [-0.3, -0.25) is 29.5 Å². The standard InChI is InChI=1S/C18H26N4O3S.2C18H26N4O2S.C18H17NO4S.2CH2O2.ClH/c1-12-9-16-15(10-18(12)23)17(3-6-20-16)22-7-4-14(5-8-22)13(2)11-21-26(19,24)25;1-13-3-4-17-16(11-13)18(5-8-20-17)22-9-6-15(7-10-22)14(2)12-21-25(19,23)24;1-13-3-4-16-17(11-13)20-8-5-18(16)22-9-6-15(7-10-22)14(2)12-21-25(19,23)24;1-22-15-7-8-17(23-2)18(10-15)24(20,21)12-13-9-14-5-3-4-6-16(14)19-11-13;2*2-1-3;/h3,6,9-10,13-14,21,23H,4-5,7-8,11H2,1-2H3,(H2,19,24,25);2*3-5,8,11,14-15,21H,6-7,9-10,12H2,1-2H3,(H2,19,23,24);3-11H,12H2,1-2H3;2*1H,(H,2,3);1H. The van der Waals surface area contributed by atoms with Crippen LogP contribution < -0.4 is 53.8 Å². The van der Waals surface area contributed by atoms with Gasteiger partial charge in [-0.15, -0.1) is 12.4 Å². The molecule has 0 saturated carbocycles. The molecule has 582 valence electrons. The van der Waals surface area contributed by atoms with E-state index >= 15 is 0 Å². The van der Waals surface area contributed by atoms with Crippen LogP contribution in [0, 0.1) is 56.3 Å². The summed E-state index contributed by atoms with van der Waals surface area (Å²) in [6.45, 7) is 18.6. The number of aryl methyl sites for hydroxylation is 3. The maximum atomic E-state index is 12.8. The minimum Gasteiger partial charge on any atom is -0.508 e. The molecule has 12 rings (SSSR count). The first-order chi connectivity index (χ1) is 50.3. The molecule has 7 heterocycles. The predicted octanol–water partition coefficient (Wildman–Crippen LogP) is 9.32. The van der Waals surface area contributed by atoms with Gasteiger partial charge in [0.25, 0.3) is 43.6 Å². The molecule has 3 aliphatic heterocycles. The minimum absolute atomic E-state index is 0. The highest BCUT2D eigenvalue weighted by Gasteiger charge is 2.30. The lowest BCUT2D eigenvalue weighted by Gasteiger charge is -2.36. The summed E-state index contributed by atoms with van der Waals surface area (Å²) in [6, 6.07) is 36.8. The average Bonchev–Trinajstić information content (AvgIpc) is 0.816. The van der Waals surface area contributed by atoms with Crippen LogP contribution in [0.25, 0.3) is 43.6 Å². The van der Waals surface area contributed by atoms with Crippen LogP contribution >= 0.6 is 12.4 Å². The van der Waals surface area contributed by atoms with Crippen LogP contribution in [-0.2, 0) is 55.8 Å². The molecule has 5 aromatic carbocycles. The second kappa shape index (κ2) is 40.5. The molecule has 33 heteroatoms. The summed E-state index contributed by atoms with van der Waals surface area (Å²) in [7, 11) is -11.5. The topological polar surface area (TPSA) is 425 Å². The highest BCUT2D eigenvalue weighted by molar-refractivity contribution is 7.90. The van der Waals surface area contributed by atoms with Crippen molar-refractivity contribution < 1.29 is 68.1 Å². The van der Waals surface area contributed by atoms with Crippen LogP contribution in [0.3, 0.4) is 0 Å². The normalized spacial score (nSPS) is 15.4. The van der Waals surface area contributed by atoms with Crippen LogP contribution in [0.1, 0.15) is 81.5 Å². The van der Waals surface area contributed by atoms with Crippen molar-refractivity contribution >= 4 is 126 Å². The number of sulfone groups is 1. The van der Waals surface area contributed by atoms with Crippen molar-refractivity contribution in [3.8, 4) is 17.2 Å². The third-order valence-corrected chi connectivity index (χ3v) is 22.8. The second-order valence-electron chi connectivity index (χ2n) is 26.8. The number of piperidine rings is 3. The molecule has 9 aromatic rings. The van der Waals surface area contributed by atoms with Crippen LogP contribution in [0.5, 0.6) is 17.2 Å². The van der Waals surface area contributed by atoms with Crippen LogP contribution in [-0.4, -0.2) is 155 Å². The van der Waals surface area contributed by atoms with Gasteiger partial charge < -0.3 is 39.5 Å². The number of halogens is 1. The number of carbonyl (C=O) groups is 2. The smallest absolute Gasteiger partial charge is 0.290 e. The molecule has 0 spiro atoms. The number of anilines is 3. The number of nitrogens with two attached hydrogens (primary N) is 3. The first-order valence-corrected chi connectivity index (χ1v) is 40.9. The van der Waals surface area contributed by atoms with E-state index < -0.39 is 40.5 Å². The van der Waals surface area contributed by atoms with Crippen molar-refractivity contribution in [2.45, 2.75) is 90.7 Å². The summed E-state index contributed by atoms with van der Waals surface area (Å²) in [6.07, 6.45) is 13.3. The quantitative estimate of drug-likeness (QED) is 0.0321. The predicted molar refractivity (Wildman–Crippen MR) is 424 cm³/mol. The van der Waals surface area contributed by atoms with Gasteiger partial charge in [0.1, 0.15) is 22.1 Å². The van der Waals surface area contributed by atoms with Crippen molar-refractivity contribution in [2.24, 2.45) is 50.9 Å². The number of pyridine rings is 4. The van der Waals surface area contributed by atoms with E-state index in [9.17, 15) is 38.8 Å². The summed E-state index contributed by atoms with van der Waals surface area (Å²) in [5.41, 5.74) is 11.2. The Hall–Kier alpha value is -8.67. The number of aromatic hydroxyl groups is 1. The monoisotopic (exact) mass is 1570 g/mol. The molecule has 0 radical (unpaired) electrons. The van der Waals surface area contributed by atoms with Gasteiger partial charge in [0.15, 0.2) is 9.84 Å². The molecular formula is C74H100ClN13O15S4. The molecule has 3 unspecified atom stereocenters. The van der Waals surface area contributed by atoms with Gasteiger partial charge in [-0.05, 0) is 184 Å². The van der Waals surface area contributed by atoms with E-state index in [1.807, 2.05) is 61.8 Å². The molecule has 12 N–H and O–H groups in total. The molecule has 0 bridgehead atoms. The fourth-order valence-corrected chi connectivity index (χ4v) is 16.5. The summed E-state index contributed by atoms with van der Waals surface area (Å²) < 4.78 is 110. The fraction of sp³-hybridized carbons (Fsp3) is 0.405. The van der Waals surface area contributed by atoms with Crippen LogP contribution in [0.4, 0.5) is 17.1 Å². The van der Waals surface area contributed by atoms with E-state index in [-0.39, 0.29) is 59.5 Å². The number of rotatable bonds is 20. The van der Waals surface area contributed by atoms with Crippen molar-refractivity contribution in [1.29, 1.82) is 0 Å². The van der Waals surface area contributed by atoms with Gasteiger partial charge in [0, 0.05) is 128 Å². The summed E-state index contributed by atoms with van der Waals surface area (Å²) in [5, 5.41) is 43.2. The number of fused-ring (bicyclic) bond motifs is 4. The number of phenols is 1. The number of phenolic OH excluding ortho intramolecular Hbond substituents is 1. The van der Waals surface area contributed by atoms with Gasteiger partial charge in [-0.2, -0.15) is 25.3 Å². The van der Waals surface area contributed by atoms with Crippen LogP contribution in [0.2, 0.25) is 0 Å². The SMILES string of the molecule is COc1ccc(OC)c(S(=O)(=O)Cc2cnc3ccccc3c2)c1.Cc1cc2nccc(N3CCC(C(C)CNS(N)(=O)=O)CC3)c2cc1O.Cc1ccc2c(N3CCC(C(C)CNS(N)(=O)=O)CC3)ccnc2c1.Cc1ccc2nccc(N3CCC(C(C)CNS(N)(=O)=O)CC3)c2c1.Cl.O=CO.O=CO. The zero-order valence-corrected chi connectivity index (χ0v) is 65.4. The van der Waals surface area contributed by atoms with Crippen molar-refractivity contribution in [2.75, 3.05) is 87.8 Å². The molecule has 3 fully saturated rings. The maximum Gasteiger partial charge on any atom is 0.290 e. The zero-order chi connectivity index (χ0) is 77.5. The largest absolute Gasteiger partial charge is 0.508 e. The van der Waals surface area contributed by atoms with Gasteiger partial charge in [-0.1, -0.05) is 62.7 Å². The van der Waals surface area contributed by atoms with Gasteiger partial charge in [0.05, 0.1) is 42.0 Å². The van der Waals surface area contributed by atoms with Gasteiger partial charge in [-0.25, -0.2) is 38.0 Å². The number of nitrogens with zero attached hydrogens (tertiary/aromatic N) is 7. The summed E-state index contributed by atoms with van der Waals surface area (Å²) in [4.78, 5) is 41.7. The zero-order valence-electron chi connectivity index (χ0n) is 61.4. The Morgan fingerprint density at radius 2 is 0.925 bits per heavy atom. The molecule has 3 saturated heterocycles. The van der Waals surface area contributed by atoms with Crippen molar-refractivity contribution in [3.63, 3.8) is 0 Å². The fourth-order valence-electron chi connectivity index (χ4n) is 13.5. The Labute approximate surface area is 633 Å². The maximum absolute atomic E-state index is 12.8. The molecule has 3 atom stereocenters. The number of benzene rings is 5. The number of methoxy groups -OCH3 is 2. The van der Waals surface area contributed by atoms with Crippen molar-refractivity contribution in [3.05, 3.63) is 162 Å². The Morgan fingerprint density at radius 3 is 1.38 bits per heavy atom. The van der Waals surface area contributed by atoms with Gasteiger partial charge >= 0.3 is 0 Å². The van der Waals surface area contributed by atoms with E-state index in [0.717, 1.165) is 122 Å². The third-order valence-electron chi connectivity index (χ3n) is 19.4. The van der Waals surface area contributed by atoms with E-state index in [4.69, 9.17) is 44.7 Å². The number of hydrogen-bond donors (Lipinski definition) is 9. The number of nitrogens with one attached hydrogen (secondary N) is 3. The van der Waals surface area contributed by atoms with E-state index in [0.29, 0.717) is 54.5 Å². The number of ether oxygens (including phenoxy) is 2. The molecule has 3 aliphatic rings. The van der Waals surface area contributed by atoms with E-state index in [1.165, 1.54) is 53.6 Å². The first-order valence-electron chi connectivity index (χ1n) is 34.6. The third kappa shape index (κ3) is 26.3. The highest BCUT2D eigenvalue weighted by Crippen LogP contribution is 2.37. The molecule has 28 nitrogen and oxygen atoms in total. The number of aromatic nitrogens is 4. The molecular weight excluding hydrogens is 1470 g/mol. The number of hydrogen-bond acceptors (Lipinski definition) is 20. The molecule has 107 heavy (non-hydrogen) atoms. The Balaban J connectivity index is 0.000000217. The Kier molecular flexibility index (Phi) is 33.0. The number of para-hydroxylation sites is 1. The Bertz CT molecular complexity index is 4890. The first kappa shape index (κ1) is 87.2. The lowest BCUT2D eigenvalue weighted by molar-refractivity contribution is -0.123. The lowest BCUT2D eigenvalue weighted by atomic mass is 9.85. The second-order valence-corrected chi connectivity index (χ2v) is 32.9. The van der Waals surface area contributed by atoms with E-state index in [2.05, 4.69) is 132 Å². The molecule has 4 aromatic heterocycles. The lowest BCUT2D eigenvalue weighted by Crippen LogP contribution is -2.40. The summed E-state index contributed by atoms with van der Waals surface area (Å²) in [5.74, 6) is 3.12. The van der Waals surface area contributed by atoms with E-state index in [1.54, 1.807) is 30.6 Å². The Morgan fingerprint density at radius 1 is 0.505 bits per heavy atom. The molecule has 0 aliphatic carbocycles.